The van der Waals surface area contributed by atoms with Crippen LogP contribution < -0.4 is 4.90 Å². The van der Waals surface area contributed by atoms with Crippen LogP contribution in [0.15, 0.2) is 60.7 Å². The molecule has 0 aliphatic carbocycles. The minimum Gasteiger partial charge on any atom is -0.365 e. The summed E-state index contributed by atoms with van der Waals surface area (Å²) in [5, 5.41) is 0. The average molecular weight is 475 g/mol. The molecule has 0 N–H and O–H groups in total. The summed E-state index contributed by atoms with van der Waals surface area (Å²) in [5.41, 5.74) is 3.44. The standard InChI is InChI=1S/C30H38N2O3/c1-3-5-7-8-18-27-30(34)32(22-23-14-9-10-15-24(23)28-19-13-21-35-28)26-17-12-11-16-25(26)29(33)31(27)20-6-4-2/h9-17,19,27-28H,3-8,18,20-22H2,1-2H3. The van der Waals surface area contributed by atoms with Crippen molar-refractivity contribution < 1.29 is 14.3 Å². The first-order valence-electron chi connectivity index (χ1n) is 13.2. The molecule has 0 saturated heterocycles. The predicted octanol–water partition coefficient (Wildman–Crippen LogP) is 6.44. The first-order valence-corrected chi connectivity index (χ1v) is 13.2. The molecule has 2 heterocycles. The largest absolute Gasteiger partial charge is 0.365 e. The lowest BCUT2D eigenvalue weighted by atomic mass is 10.0. The molecule has 2 amide bonds. The van der Waals surface area contributed by atoms with E-state index in [2.05, 4.69) is 32.1 Å². The summed E-state index contributed by atoms with van der Waals surface area (Å²) in [7, 11) is 0. The van der Waals surface area contributed by atoms with Crippen molar-refractivity contribution in [3.8, 4) is 0 Å². The molecular weight excluding hydrogens is 436 g/mol. The van der Waals surface area contributed by atoms with Crippen molar-refractivity contribution >= 4 is 17.5 Å². The Morgan fingerprint density at radius 2 is 1.69 bits per heavy atom. The molecule has 2 aliphatic rings. The Morgan fingerprint density at radius 3 is 2.46 bits per heavy atom. The van der Waals surface area contributed by atoms with Crippen LogP contribution in [0.4, 0.5) is 5.69 Å². The number of unbranched alkanes of at least 4 members (excludes halogenated alkanes) is 4. The van der Waals surface area contributed by atoms with E-state index in [0.717, 1.165) is 49.7 Å². The van der Waals surface area contributed by atoms with Gasteiger partial charge in [0.15, 0.2) is 0 Å². The first-order chi connectivity index (χ1) is 17.2. The maximum Gasteiger partial charge on any atom is 0.256 e. The Bertz CT molecular complexity index is 1050. The van der Waals surface area contributed by atoms with E-state index >= 15 is 0 Å². The highest BCUT2D eigenvalue weighted by Gasteiger charge is 2.39. The summed E-state index contributed by atoms with van der Waals surface area (Å²) >= 11 is 0. The number of anilines is 1. The molecule has 2 aliphatic heterocycles. The van der Waals surface area contributed by atoms with Gasteiger partial charge in [0.05, 0.1) is 24.4 Å². The van der Waals surface area contributed by atoms with E-state index in [4.69, 9.17) is 4.74 Å². The smallest absolute Gasteiger partial charge is 0.256 e. The maximum absolute atomic E-state index is 14.2. The molecule has 2 atom stereocenters. The van der Waals surface area contributed by atoms with E-state index in [1.165, 1.54) is 0 Å². The topological polar surface area (TPSA) is 49.9 Å². The van der Waals surface area contributed by atoms with Crippen molar-refractivity contribution in [1.29, 1.82) is 0 Å². The van der Waals surface area contributed by atoms with Gasteiger partial charge in [0, 0.05) is 6.54 Å². The van der Waals surface area contributed by atoms with Crippen LogP contribution in [-0.2, 0) is 16.1 Å². The SMILES string of the molecule is CCCCCCC1C(=O)N(Cc2ccccc2C2C=CCO2)c2ccccc2C(=O)N1CCCC. The number of carbonyl (C=O) groups excluding carboxylic acids is 2. The summed E-state index contributed by atoms with van der Waals surface area (Å²) in [6.45, 7) is 5.94. The van der Waals surface area contributed by atoms with Crippen LogP contribution in [0.5, 0.6) is 0 Å². The van der Waals surface area contributed by atoms with Crippen molar-refractivity contribution in [2.45, 2.75) is 77.5 Å². The first kappa shape index (κ1) is 25.2. The zero-order valence-electron chi connectivity index (χ0n) is 21.1. The number of nitrogens with zero attached hydrogens (tertiary/aromatic N) is 2. The van der Waals surface area contributed by atoms with Crippen LogP contribution >= 0.6 is 0 Å². The number of amides is 2. The van der Waals surface area contributed by atoms with Gasteiger partial charge in [0.25, 0.3) is 5.91 Å². The minimum atomic E-state index is -0.437. The van der Waals surface area contributed by atoms with Crippen molar-refractivity contribution in [2.24, 2.45) is 0 Å². The molecule has 35 heavy (non-hydrogen) atoms. The van der Waals surface area contributed by atoms with Gasteiger partial charge in [-0.25, -0.2) is 0 Å². The summed E-state index contributed by atoms with van der Waals surface area (Å²) in [6.07, 6.45) is 10.9. The number of rotatable bonds is 11. The van der Waals surface area contributed by atoms with Crippen molar-refractivity contribution in [3.05, 3.63) is 77.4 Å². The second kappa shape index (κ2) is 12.2. The van der Waals surface area contributed by atoms with E-state index in [-0.39, 0.29) is 17.9 Å². The quantitative estimate of drug-likeness (QED) is 0.278. The van der Waals surface area contributed by atoms with E-state index in [1.54, 1.807) is 0 Å². The lowest BCUT2D eigenvalue weighted by molar-refractivity contribution is -0.123. The van der Waals surface area contributed by atoms with E-state index in [9.17, 15) is 9.59 Å². The fraction of sp³-hybridized carbons (Fsp3) is 0.467. The predicted molar refractivity (Wildman–Crippen MR) is 140 cm³/mol. The number of ether oxygens (including phenoxy) is 1. The zero-order chi connectivity index (χ0) is 24.6. The fourth-order valence-corrected chi connectivity index (χ4v) is 5.12. The van der Waals surface area contributed by atoms with Crippen LogP contribution in [0.3, 0.4) is 0 Å². The van der Waals surface area contributed by atoms with Gasteiger partial charge in [-0.15, -0.1) is 0 Å². The second-order valence-corrected chi connectivity index (χ2v) is 9.54. The van der Waals surface area contributed by atoms with Crippen LogP contribution in [0, 0.1) is 0 Å². The number of para-hydroxylation sites is 1. The molecule has 5 nitrogen and oxygen atoms in total. The Balaban J connectivity index is 1.72. The number of fused-ring (bicyclic) bond motifs is 1. The van der Waals surface area contributed by atoms with Gasteiger partial charge in [-0.2, -0.15) is 0 Å². The Labute approximate surface area is 209 Å². The van der Waals surface area contributed by atoms with Gasteiger partial charge in [-0.3, -0.25) is 9.59 Å². The molecule has 2 unspecified atom stereocenters. The van der Waals surface area contributed by atoms with E-state index < -0.39 is 6.04 Å². The molecule has 4 rings (SSSR count). The van der Waals surface area contributed by atoms with Gasteiger partial charge in [-0.05, 0) is 36.1 Å². The van der Waals surface area contributed by atoms with Gasteiger partial charge in [0.1, 0.15) is 12.1 Å². The van der Waals surface area contributed by atoms with Gasteiger partial charge >= 0.3 is 0 Å². The third-order valence-electron chi connectivity index (χ3n) is 7.07. The Morgan fingerprint density at radius 1 is 0.914 bits per heavy atom. The van der Waals surface area contributed by atoms with Crippen LogP contribution in [0.25, 0.3) is 0 Å². The second-order valence-electron chi connectivity index (χ2n) is 9.54. The Hall–Kier alpha value is -2.92. The fourth-order valence-electron chi connectivity index (χ4n) is 5.12. The molecule has 2 aromatic carbocycles. The van der Waals surface area contributed by atoms with Gasteiger partial charge < -0.3 is 14.5 Å². The molecule has 2 aromatic rings. The summed E-state index contributed by atoms with van der Waals surface area (Å²) in [5.74, 6) is -0.00526. The highest BCUT2D eigenvalue weighted by molar-refractivity contribution is 6.10. The van der Waals surface area contributed by atoms with E-state index in [1.807, 2.05) is 52.3 Å². The molecule has 0 bridgehead atoms. The number of hydrogen-bond donors (Lipinski definition) is 0. The molecule has 0 saturated carbocycles. The monoisotopic (exact) mass is 474 g/mol. The number of carbonyl (C=O) groups is 2. The highest BCUT2D eigenvalue weighted by Crippen LogP contribution is 2.33. The van der Waals surface area contributed by atoms with Crippen molar-refractivity contribution in [2.75, 3.05) is 18.1 Å². The number of benzene rings is 2. The van der Waals surface area contributed by atoms with E-state index in [0.29, 0.717) is 37.4 Å². The normalized spacial score (nSPS) is 19.8. The molecular formula is C30H38N2O3. The van der Waals surface area contributed by atoms with Gasteiger partial charge in [-0.1, -0.05) is 94.5 Å². The lowest BCUT2D eigenvalue weighted by Crippen LogP contribution is -2.48. The van der Waals surface area contributed by atoms with Gasteiger partial charge in [0.2, 0.25) is 5.91 Å². The summed E-state index contributed by atoms with van der Waals surface area (Å²) < 4.78 is 5.89. The third kappa shape index (κ3) is 5.67. The average Bonchev–Trinajstić information content (AvgIpc) is 3.41. The Kier molecular flexibility index (Phi) is 8.75. The maximum atomic E-state index is 14.2. The summed E-state index contributed by atoms with van der Waals surface area (Å²) in [4.78, 5) is 31.7. The lowest BCUT2D eigenvalue weighted by Gasteiger charge is -2.31. The zero-order valence-corrected chi connectivity index (χ0v) is 21.1. The molecule has 5 heteroatoms. The number of hydrogen-bond acceptors (Lipinski definition) is 3. The van der Waals surface area contributed by atoms with Crippen molar-refractivity contribution in [3.63, 3.8) is 0 Å². The molecule has 186 valence electrons. The minimum absolute atomic E-state index is 0.0218. The van der Waals surface area contributed by atoms with Crippen molar-refractivity contribution in [1.82, 2.24) is 4.90 Å². The molecule has 0 spiro atoms. The summed E-state index contributed by atoms with van der Waals surface area (Å²) in [6, 6.07) is 15.3. The molecule has 0 radical (unpaired) electrons. The third-order valence-corrected chi connectivity index (χ3v) is 7.07. The highest BCUT2D eigenvalue weighted by atomic mass is 16.5. The molecule has 0 fully saturated rings. The molecule has 0 aromatic heterocycles. The van der Waals surface area contributed by atoms with Crippen LogP contribution in [0.1, 0.15) is 86.4 Å². The van der Waals surface area contributed by atoms with Crippen LogP contribution in [-0.4, -0.2) is 35.9 Å². The van der Waals surface area contributed by atoms with Crippen LogP contribution in [0.2, 0.25) is 0 Å².